The average Bonchev–Trinajstić information content (AvgIpc) is 2.59. The van der Waals surface area contributed by atoms with E-state index in [0.717, 1.165) is 0 Å². The molecule has 25 heavy (non-hydrogen) atoms. The zero-order valence-electron chi connectivity index (χ0n) is 13.1. The van der Waals surface area contributed by atoms with Crippen molar-refractivity contribution in [3.63, 3.8) is 0 Å². The molecule has 6 nitrogen and oxygen atoms in total. The minimum absolute atomic E-state index is 0.369. The summed E-state index contributed by atoms with van der Waals surface area (Å²) in [7, 11) is 0. The van der Waals surface area contributed by atoms with Crippen LogP contribution in [0.4, 0.5) is 26.4 Å². The Morgan fingerprint density at radius 2 is 1.68 bits per heavy atom. The standard InChI is InChI=1S/C18H15FN4O2/c19-12-2-1-3-14(10-12)23-18(24)22-13-4-6-15(7-5-13)25-16-8-9-17(20)21-11-16/h1-11H,(H2,20,21)(H2,22,23,24). The molecule has 1 aromatic heterocycles. The van der Waals surface area contributed by atoms with Gasteiger partial charge >= 0.3 is 6.03 Å². The first-order valence-electron chi connectivity index (χ1n) is 7.41. The lowest BCUT2D eigenvalue weighted by Crippen LogP contribution is -2.19. The van der Waals surface area contributed by atoms with Crippen LogP contribution in [0.3, 0.4) is 0 Å². The summed E-state index contributed by atoms with van der Waals surface area (Å²) < 4.78 is 18.7. The molecule has 4 N–H and O–H groups in total. The first kappa shape index (κ1) is 16.3. The SMILES string of the molecule is Nc1ccc(Oc2ccc(NC(=O)Nc3cccc(F)c3)cc2)cn1. The zero-order chi connectivity index (χ0) is 17.6. The van der Waals surface area contributed by atoms with Crippen LogP contribution in [0.2, 0.25) is 0 Å². The first-order valence-corrected chi connectivity index (χ1v) is 7.41. The monoisotopic (exact) mass is 338 g/mol. The van der Waals surface area contributed by atoms with Gasteiger partial charge in [-0.2, -0.15) is 0 Å². The van der Waals surface area contributed by atoms with E-state index < -0.39 is 11.8 Å². The summed E-state index contributed by atoms with van der Waals surface area (Å²) in [6.07, 6.45) is 1.52. The largest absolute Gasteiger partial charge is 0.456 e. The lowest BCUT2D eigenvalue weighted by Gasteiger charge is -2.09. The molecular formula is C18H15FN4O2. The fourth-order valence-corrected chi connectivity index (χ4v) is 2.05. The predicted molar refractivity (Wildman–Crippen MR) is 94.2 cm³/mol. The second kappa shape index (κ2) is 7.31. The van der Waals surface area contributed by atoms with Gasteiger partial charge in [-0.1, -0.05) is 6.07 Å². The normalized spacial score (nSPS) is 10.1. The molecule has 2 amide bonds. The van der Waals surface area contributed by atoms with Gasteiger partial charge in [-0.05, 0) is 54.6 Å². The van der Waals surface area contributed by atoms with Crippen LogP contribution in [0.25, 0.3) is 0 Å². The van der Waals surface area contributed by atoms with Crippen LogP contribution in [0, 0.1) is 5.82 Å². The molecule has 0 radical (unpaired) electrons. The molecule has 0 aliphatic carbocycles. The van der Waals surface area contributed by atoms with E-state index in [1.807, 2.05) is 0 Å². The highest BCUT2D eigenvalue weighted by molar-refractivity contribution is 5.99. The van der Waals surface area contributed by atoms with E-state index >= 15 is 0 Å². The van der Waals surface area contributed by atoms with Crippen molar-refractivity contribution in [2.45, 2.75) is 0 Å². The van der Waals surface area contributed by atoms with Crippen LogP contribution in [-0.2, 0) is 0 Å². The fraction of sp³-hybridized carbons (Fsp3) is 0. The van der Waals surface area contributed by atoms with E-state index in [0.29, 0.717) is 28.7 Å². The van der Waals surface area contributed by atoms with E-state index in [9.17, 15) is 9.18 Å². The molecule has 0 fully saturated rings. The Kier molecular flexibility index (Phi) is 4.75. The Balaban J connectivity index is 1.58. The molecular weight excluding hydrogens is 323 g/mol. The van der Waals surface area contributed by atoms with Gasteiger partial charge in [0.1, 0.15) is 23.1 Å². The molecule has 2 aromatic carbocycles. The summed E-state index contributed by atoms with van der Waals surface area (Å²) in [4.78, 5) is 15.8. The number of nitrogens with zero attached hydrogens (tertiary/aromatic N) is 1. The molecule has 0 aliphatic heterocycles. The second-order valence-electron chi connectivity index (χ2n) is 5.13. The Morgan fingerprint density at radius 3 is 2.36 bits per heavy atom. The molecule has 0 spiro atoms. The minimum Gasteiger partial charge on any atom is -0.456 e. The summed E-state index contributed by atoms with van der Waals surface area (Å²) in [6, 6.07) is 15.3. The highest BCUT2D eigenvalue weighted by Gasteiger charge is 2.04. The number of halogens is 1. The van der Waals surface area contributed by atoms with Gasteiger partial charge in [0.2, 0.25) is 0 Å². The van der Waals surface area contributed by atoms with Crippen molar-refractivity contribution < 1.29 is 13.9 Å². The third kappa shape index (κ3) is 4.68. The summed E-state index contributed by atoms with van der Waals surface area (Å²) in [6.45, 7) is 0. The minimum atomic E-state index is -0.470. The molecule has 126 valence electrons. The van der Waals surface area contributed by atoms with Gasteiger partial charge in [-0.25, -0.2) is 14.2 Å². The van der Waals surface area contributed by atoms with E-state index in [-0.39, 0.29) is 0 Å². The Hall–Kier alpha value is -3.61. The summed E-state index contributed by atoms with van der Waals surface area (Å²) in [5.74, 6) is 1.13. The van der Waals surface area contributed by atoms with Crippen LogP contribution < -0.4 is 21.1 Å². The molecule has 3 aromatic rings. The number of nitrogens with two attached hydrogens (primary N) is 1. The van der Waals surface area contributed by atoms with Gasteiger partial charge in [0, 0.05) is 11.4 Å². The van der Waals surface area contributed by atoms with Gasteiger partial charge < -0.3 is 21.1 Å². The third-order valence-corrected chi connectivity index (χ3v) is 3.19. The van der Waals surface area contributed by atoms with Crippen molar-refractivity contribution in [2.24, 2.45) is 0 Å². The van der Waals surface area contributed by atoms with Crippen molar-refractivity contribution in [1.29, 1.82) is 0 Å². The molecule has 0 atom stereocenters. The summed E-state index contributed by atoms with van der Waals surface area (Å²) in [5.41, 5.74) is 6.45. The van der Waals surface area contributed by atoms with E-state index in [1.54, 1.807) is 42.5 Å². The number of pyridine rings is 1. The molecule has 0 unspecified atom stereocenters. The van der Waals surface area contributed by atoms with Gasteiger partial charge in [0.25, 0.3) is 0 Å². The lowest BCUT2D eigenvalue weighted by molar-refractivity contribution is 0.262. The fourth-order valence-electron chi connectivity index (χ4n) is 2.05. The maximum Gasteiger partial charge on any atom is 0.323 e. The number of aromatic nitrogens is 1. The Morgan fingerprint density at radius 1 is 0.960 bits per heavy atom. The van der Waals surface area contributed by atoms with E-state index in [2.05, 4.69) is 15.6 Å². The maximum atomic E-state index is 13.1. The number of amides is 2. The number of urea groups is 1. The number of hydrogen-bond acceptors (Lipinski definition) is 4. The van der Waals surface area contributed by atoms with E-state index in [4.69, 9.17) is 10.5 Å². The number of hydrogen-bond donors (Lipinski definition) is 3. The van der Waals surface area contributed by atoms with Crippen molar-refractivity contribution in [2.75, 3.05) is 16.4 Å². The molecule has 0 saturated carbocycles. The van der Waals surface area contributed by atoms with Crippen LogP contribution in [0.1, 0.15) is 0 Å². The quantitative estimate of drug-likeness (QED) is 0.664. The number of nitrogens with one attached hydrogen (secondary N) is 2. The third-order valence-electron chi connectivity index (χ3n) is 3.19. The molecule has 7 heteroatoms. The van der Waals surface area contributed by atoms with Crippen molar-refractivity contribution in [3.8, 4) is 11.5 Å². The van der Waals surface area contributed by atoms with Crippen LogP contribution in [-0.4, -0.2) is 11.0 Å². The number of carbonyl (C=O) groups is 1. The topological polar surface area (TPSA) is 89.3 Å². The van der Waals surface area contributed by atoms with Crippen molar-refractivity contribution in [1.82, 2.24) is 4.98 Å². The Labute approximate surface area is 143 Å². The van der Waals surface area contributed by atoms with Gasteiger partial charge in [-0.15, -0.1) is 0 Å². The van der Waals surface area contributed by atoms with Gasteiger partial charge in [0.05, 0.1) is 6.20 Å². The van der Waals surface area contributed by atoms with Crippen LogP contribution in [0.15, 0.2) is 66.9 Å². The highest BCUT2D eigenvalue weighted by Crippen LogP contribution is 2.23. The van der Waals surface area contributed by atoms with Gasteiger partial charge in [0.15, 0.2) is 0 Å². The number of carbonyl (C=O) groups excluding carboxylic acids is 1. The lowest BCUT2D eigenvalue weighted by atomic mass is 10.3. The average molecular weight is 338 g/mol. The number of benzene rings is 2. The zero-order valence-corrected chi connectivity index (χ0v) is 13.1. The second-order valence-corrected chi connectivity index (χ2v) is 5.13. The summed E-state index contributed by atoms with van der Waals surface area (Å²) in [5, 5.41) is 5.20. The number of rotatable bonds is 4. The molecule has 1 heterocycles. The Bertz CT molecular complexity index is 867. The molecule has 3 rings (SSSR count). The predicted octanol–water partition coefficient (Wildman–Crippen LogP) is 4.24. The first-order chi connectivity index (χ1) is 12.1. The van der Waals surface area contributed by atoms with Crippen molar-refractivity contribution >= 4 is 23.2 Å². The van der Waals surface area contributed by atoms with Crippen molar-refractivity contribution in [3.05, 3.63) is 72.7 Å². The molecule has 0 aliphatic rings. The van der Waals surface area contributed by atoms with Crippen LogP contribution in [0.5, 0.6) is 11.5 Å². The van der Waals surface area contributed by atoms with Crippen LogP contribution >= 0.6 is 0 Å². The number of nitrogen functional groups attached to an aromatic ring is 1. The molecule has 0 bridgehead atoms. The number of anilines is 3. The smallest absolute Gasteiger partial charge is 0.323 e. The highest BCUT2D eigenvalue weighted by atomic mass is 19.1. The van der Waals surface area contributed by atoms with Gasteiger partial charge in [-0.3, -0.25) is 0 Å². The number of ether oxygens (including phenoxy) is 1. The maximum absolute atomic E-state index is 13.1. The van der Waals surface area contributed by atoms with E-state index in [1.165, 1.54) is 24.4 Å². The summed E-state index contributed by atoms with van der Waals surface area (Å²) >= 11 is 0. The molecule has 0 saturated heterocycles.